The van der Waals surface area contributed by atoms with Gasteiger partial charge in [0.05, 0.1) is 10.9 Å². The average molecular weight is 266 g/mol. The molecule has 0 saturated heterocycles. The number of rotatable bonds is 1. The molecule has 17 heavy (non-hydrogen) atoms. The van der Waals surface area contributed by atoms with E-state index in [0.29, 0.717) is 16.4 Å². The molecule has 0 aliphatic rings. The first-order valence-electron chi connectivity index (χ1n) is 5.17. The van der Waals surface area contributed by atoms with Gasteiger partial charge in [-0.05, 0) is 6.92 Å². The molecular weight excluding hydrogens is 256 g/mol. The summed E-state index contributed by atoms with van der Waals surface area (Å²) in [4.78, 5) is 16.5. The summed E-state index contributed by atoms with van der Waals surface area (Å²) in [7, 11) is 1.85. The van der Waals surface area contributed by atoms with E-state index in [4.69, 9.17) is 0 Å². The van der Waals surface area contributed by atoms with Crippen LogP contribution in [0, 0.1) is 0 Å². The van der Waals surface area contributed by atoms with Gasteiger partial charge in [-0.1, -0.05) is 0 Å². The van der Waals surface area contributed by atoms with Gasteiger partial charge in [0.1, 0.15) is 9.86 Å². The average Bonchev–Trinajstić information content (AvgIpc) is 2.79. The van der Waals surface area contributed by atoms with Crippen LogP contribution in [0.25, 0.3) is 21.3 Å². The summed E-state index contributed by atoms with van der Waals surface area (Å²) in [5, 5.41) is 5.00. The minimum atomic E-state index is -0.0709. The lowest BCUT2D eigenvalue weighted by Gasteiger charge is -2.01. The largest absolute Gasteiger partial charge is 0.323 e. The second-order valence-electron chi connectivity index (χ2n) is 3.74. The van der Waals surface area contributed by atoms with E-state index in [1.54, 1.807) is 6.20 Å². The Morgan fingerprint density at radius 2 is 2.29 bits per heavy atom. The van der Waals surface area contributed by atoms with Gasteiger partial charge in [0, 0.05) is 19.0 Å². The van der Waals surface area contributed by atoms with Crippen LogP contribution in [-0.4, -0.2) is 19.3 Å². The van der Waals surface area contributed by atoms with E-state index in [1.165, 1.54) is 16.0 Å². The highest BCUT2D eigenvalue weighted by atomic mass is 32.2. The summed E-state index contributed by atoms with van der Waals surface area (Å²) >= 11 is 5.71. The van der Waals surface area contributed by atoms with Crippen molar-refractivity contribution in [2.75, 3.05) is 0 Å². The minimum Gasteiger partial charge on any atom is -0.323 e. The maximum absolute atomic E-state index is 12.2. The van der Waals surface area contributed by atoms with E-state index in [-0.39, 0.29) is 5.56 Å². The molecule has 3 heterocycles. The molecular formula is C10H10N4OS2. The minimum absolute atomic E-state index is 0.0709. The Bertz CT molecular complexity index is 783. The Labute approximate surface area is 106 Å². The molecule has 3 aromatic rings. The lowest BCUT2D eigenvalue weighted by atomic mass is 10.3. The maximum atomic E-state index is 12.2. The Kier molecular flexibility index (Phi) is 2.27. The van der Waals surface area contributed by atoms with E-state index in [0.717, 1.165) is 15.7 Å². The fourth-order valence-electron chi connectivity index (χ4n) is 2.00. The molecule has 3 rings (SSSR count). The molecule has 0 spiro atoms. The van der Waals surface area contributed by atoms with Crippen LogP contribution in [0.3, 0.4) is 0 Å². The molecule has 7 heteroatoms. The van der Waals surface area contributed by atoms with Crippen LogP contribution in [0.1, 0.15) is 6.92 Å². The van der Waals surface area contributed by atoms with E-state index >= 15 is 0 Å². The van der Waals surface area contributed by atoms with Crippen molar-refractivity contribution < 1.29 is 0 Å². The van der Waals surface area contributed by atoms with E-state index in [2.05, 4.69) is 22.7 Å². The molecule has 0 aliphatic heterocycles. The number of hydrogen-bond donors (Lipinski definition) is 1. The van der Waals surface area contributed by atoms with Crippen LogP contribution in [0.4, 0.5) is 0 Å². The Balaban J connectivity index is 2.58. The smallest absolute Gasteiger partial charge is 0.291 e. The zero-order valence-electron chi connectivity index (χ0n) is 9.34. The summed E-state index contributed by atoms with van der Waals surface area (Å²) in [6, 6.07) is 0. The molecule has 88 valence electrons. The molecule has 3 aromatic heterocycles. The lowest BCUT2D eigenvalue weighted by molar-refractivity contribution is 0.620. The summed E-state index contributed by atoms with van der Waals surface area (Å²) in [5.74, 6) is 0. The molecule has 0 bridgehead atoms. The number of aryl methyl sites for hydroxylation is 2. The van der Waals surface area contributed by atoms with Crippen LogP contribution in [-0.2, 0) is 13.6 Å². The normalized spacial score (nSPS) is 11.7. The molecule has 0 radical (unpaired) electrons. The van der Waals surface area contributed by atoms with Crippen molar-refractivity contribution >= 4 is 45.2 Å². The quantitative estimate of drug-likeness (QED) is 0.681. The molecule has 0 atom stereocenters. The van der Waals surface area contributed by atoms with Gasteiger partial charge in [0.25, 0.3) is 5.56 Å². The van der Waals surface area contributed by atoms with Crippen LogP contribution in [0.2, 0.25) is 0 Å². The first kappa shape index (κ1) is 10.8. The highest BCUT2D eigenvalue weighted by Crippen LogP contribution is 2.31. The predicted octanol–water partition coefficient (Wildman–Crippen LogP) is 1.65. The summed E-state index contributed by atoms with van der Waals surface area (Å²) in [6.07, 6.45) is 1.73. The Morgan fingerprint density at radius 1 is 1.53 bits per heavy atom. The first-order chi connectivity index (χ1) is 8.13. The standard InChI is InChI=1S/C10H10N4OS2/c1-3-14-9(15)6-5(4-11-14)7-8(13(6)2)12-10(16)17-7/h4H,3H2,1-2H3,(H,12,16). The van der Waals surface area contributed by atoms with E-state index < -0.39 is 0 Å². The van der Waals surface area contributed by atoms with Crippen molar-refractivity contribution in [1.29, 1.82) is 0 Å². The highest BCUT2D eigenvalue weighted by Gasteiger charge is 2.16. The fraction of sp³-hybridized carbons (Fsp3) is 0.300. The van der Waals surface area contributed by atoms with Crippen molar-refractivity contribution in [3.05, 3.63) is 16.6 Å². The zero-order valence-corrected chi connectivity index (χ0v) is 11.0. The SMILES string of the molecule is CCn1ncc2c3sc(S)nc3n(C)c2c1=O. The van der Waals surface area contributed by atoms with Crippen LogP contribution >= 0.6 is 24.0 Å². The third-order valence-electron chi connectivity index (χ3n) is 2.81. The maximum Gasteiger partial charge on any atom is 0.291 e. The molecule has 0 N–H and O–H groups in total. The number of thiazole rings is 1. The molecule has 0 unspecified atom stereocenters. The Hall–Kier alpha value is -1.34. The van der Waals surface area contributed by atoms with Gasteiger partial charge in [0.15, 0.2) is 5.65 Å². The molecule has 5 nitrogen and oxygen atoms in total. The summed E-state index contributed by atoms with van der Waals surface area (Å²) < 4.78 is 4.94. The second kappa shape index (κ2) is 3.58. The lowest BCUT2D eigenvalue weighted by Crippen LogP contribution is -2.22. The van der Waals surface area contributed by atoms with Crippen LogP contribution in [0.5, 0.6) is 0 Å². The monoisotopic (exact) mass is 266 g/mol. The van der Waals surface area contributed by atoms with E-state index in [1.807, 2.05) is 18.5 Å². The highest BCUT2D eigenvalue weighted by molar-refractivity contribution is 7.83. The number of hydrogen-bond acceptors (Lipinski definition) is 5. The van der Waals surface area contributed by atoms with Crippen molar-refractivity contribution in [3.63, 3.8) is 0 Å². The summed E-state index contributed by atoms with van der Waals surface area (Å²) in [6.45, 7) is 2.47. The number of nitrogens with zero attached hydrogens (tertiary/aromatic N) is 4. The van der Waals surface area contributed by atoms with Crippen molar-refractivity contribution in [2.24, 2.45) is 7.05 Å². The van der Waals surface area contributed by atoms with Gasteiger partial charge in [-0.15, -0.1) is 24.0 Å². The first-order valence-corrected chi connectivity index (χ1v) is 6.44. The number of aromatic nitrogens is 4. The molecule has 0 aromatic carbocycles. The Morgan fingerprint density at radius 3 is 3.00 bits per heavy atom. The zero-order chi connectivity index (χ0) is 12.2. The second-order valence-corrected chi connectivity index (χ2v) is 5.46. The van der Waals surface area contributed by atoms with Crippen LogP contribution < -0.4 is 5.56 Å². The van der Waals surface area contributed by atoms with Crippen molar-refractivity contribution in [1.82, 2.24) is 19.3 Å². The number of thiol groups is 1. The molecule has 0 amide bonds. The summed E-state index contributed by atoms with van der Waals surface area (Å²) in [5.41, 5.74) is 1.38. The van der Waals surface area contributed by atoms with Gasteiger partial charge >= 0.3 is 0 Å². The van der Waals surface area contributed by atoms with E-state index in [9.17, 15) is 4.79 Å². The third-order valence-corrected chi connectivity index (χ3v) is 4.07. The fourth-order valence-corrected chi connectivity index (χ4v) is 3.22. The predicted molar refractivity (Wildman–Crippen MR) is 71.1 cm³/mol. The topological polar surface area (TPSA) is 52.7 Å². The van der Waals surface area contributed by atoms with Gasteiger partial charge in [-0.3, -0.25) is 4.79 Å². The van der Waals surface area contributed by atoms with Crippen molar-refractivity contribution in [2.45, 2.75) is 17.8 Å². The third kappa shape index (κ3) is 1.35. The van der Waals surface area contributed by atoms with Gasteiger partial charge < -0.3 is 4.57 Å². The van der Waals surface area contributed by atoms with Gasteiger partial charge in [-0.2, -0.15) is 5.10 Å². The van der Waals surface area contributed by atoms with Crippen molar-refractivity contribution in [3.8, 4) is 0 Å². The molecule has 0 saturated carbocycles. The molecule has 0 fully saturated rings. The van der Waals surface area contributed by atoms with Gasteiger partial charge in [0.2, 0.25) is 0 Å². The number of fused-ring (bicyclic) bond motifs is 3. The molecule has 0 aliphatic carbocycles. The van der Waals surface area contributed by atoms with Crippen LogP contribution in [0.15, 0.2) is 15.3 Å². The van der Waals surface area contributed by atoms with Gasteiger partial charge in [-0.25, -0.2) is 9.67 Å².